The topological polar surface area (TPSA) is 78.7 Å². The number of nitrogens with one attached hydrogen (secondary N) is 1. The fourth-order valence-corrected chi connectivity index (χ4v) is 4.27. The van der Waals surface area contributed by atoms with E-state index in [4.69, 9.17) is 5.73 Å². The Bertz CT molecular complexity index is 657. The molecule has 0 spiro atoms. The molecule has 27 heavy (non-hydrogen) atoms. The van der Waals surface area contributed by atoms with Crippen molar-refractivity contribution in [1.82, 2.24) is 9.80 Å². The van der Waals surface area contributed by atoms with Crippen molar-refractivity contribution in [2.45, 2.75) is 57.4 Å². The van der Waals surface area contributed by atoms with Gasteiger partial charge in [0.2, 0.25) is 5.91 Å². The van der Waals surface area contributed by atoms with Crippen LogP contribution in [0.25, 0.3) is 0 Å². The molecule has 3 rings (SSSR count). The Labute approximate surface area is 162 Å². The van der Waals surface area contributed by atoms with Crippen molar-refractivity contribution in [2.75, 3.05) is 31.5 Å². The van der Waals surface area contributed by atoms with Gasteiger partial charge in [0, 0.05) is 18.8 Å². The van der Waals surface area contributed by atoms with E-state index < -0.39 is 5.54 Å². The number of anilines is 1. The van der Waals surface area contributed by atoms with Crippen LogP contribution in [-0.2, 0) is 4.79 Å². The molecule has 1 aromatic carbocycles. The van der Waals surface area contributed by atoms with Crippen LogP contribution >= 0.6 is 0 Å². The second kappa shape index (κ2) is 8.30. The zero-order valence-corrected chi connectivity index (χ0v) is 16.5. The number of amides is 3. The maximum atomic E-state index is 12.6. The molecule has 0 atom stereocenters. The van der Waals surface area contributed by atoms with Crippen molar-refractivity contribution < 1.29 is 9.59 Å². The Balaban J connectivity index is 1.60. The first kappa shape index (κ1) is 19.7. The molecular weight excluding hydrogens is 340 g/mol. The molecule has 2 aliphatic heterocycles. The van der Waals surface area contributed by atoms with Crippen LogP contribution in [0.2, 0.25) is 0 Å². The third kappa shape index (κ3) is 4.26. The summed E-state index contributed by atoms with van der Waals surface area (Å²) in [5.74, 6) is 0.224. The van der Waals surface area contributed by atoms with E-state index in [0.717, 1.165) is 31.6 Å². The first-order chi connectivity index (χ1) is 12.9. The first-order valence-corrected chi connectivity index (χ1v) is 10.1. The number of nitrogens with two attached hydrogens (primary N) is 1. The molecule has 0 aromatic heterocycles. The zero-order valence-electron chi connectivity index (χ0n) is 16.5. The highest BCUT2D eigenvalue weighted by Crippen LogP contribution is 2.31. The summed E-state index contributed by atoms with van der Waals surface area (Å²) >= 11 is 0. The Morgan fingerprint density at radius 3 is 2.11 bits per heavy atom. The van der Waals surface area contributed by atoms with Crippen LogP contribution in [0.15, 0.2) is 24.3 Å². The molecule has 6 heteroatoms. The van der Waals surface area contributed by atoms with Gasteiger partial charge in [-0.1, -0.05) is 32.4 Å². The molecule has 0 saturated carbocycles. The normalized spacial score (nSPS) is 20.5. The van der Waals surface area contributed by atoms with Gasteiger partial charge in [-0.05, 0) is 62.4 Å². The SMILES string of the molecule is CC(C)c1ccc(NC(=O)N2CCC(C(N)=O)(N3CCCCC3)CC2)cc1. The predicted octanol–water partition coefficient (Wildman–Crippen LogP) is 3.15. The largest absolute Gasteiger partial charge is 0.368 e. The fourth-order valence-electron chi connectivity index (χ4n) is 4.27. The number of carbonyl (C=O) groups excluding carboxylic acids is 2. The smallest absolute Gasteiger partial charge is 0.321 e. The summed E-state index contributed by atoms with van der Waals surface area (Å²) in [4.78, 5) is 29.0. The summed E-state index contributed by atoms with van der Waals surface area (Å²) in [6.07, 6.45) is 4.68. The molecular formula is C21H32N4O2. The minimum Gasteiger partial charge on any atom is -0.368 e. The van der Waals surface area contributed by atoms with Crippen LogP contribution in [0.1, 0.15) is 57.4 Å². The highest BCUT2D eigenvalue weighted by atomic mass is 16.2. The number of urea groups is 1. The summed E-state index contributed by atoms with van der Waals surface area (Å²) in [6.45, 7) is 7.25. The van der Waals surface area contributed by atoms with E-state index in [2.05, 4.69) is 24.1 Å². The minimum absolute atomic E-state index is 0.107. The molecule has 0 radical (unpaired) electrons. The quantitative estimate of drug-likeness (QED) is 0.852. The molecule has 148 valence electrons. The van der Waals surface area contributed by atoms with E-state index in [9.17, 15) is 9.59 Å². The average Bonchev–Trinajstić information content (AvgIpc) is 2.69. The maximum absolute atomic E-state index is 12.6. The summed E-state index contributed by atoms with van der Waals surface area (Å²) < 4.78 is 0. The molecule has 2 heterocycles. The average molecular weight is 373 g/mol. The van der Waals surface area contributed by atoms with E-state index in [0.29, 0.717) is 31.8 Å². The summed E-state index contributed by atoms with van der Waals surface area (Å²) in [5, 5.41) is 2.97. The monoisotopic (exact) mass is 372 g/mol. The molecule has 1 aromatic rings. The van der Waals surface area contributed by atoms with Gasteiger partial charge in [-0.3, -0.25) is 9.69 Å². The van der Waals surface area contributed by atoms with Gasteiger partial charge in [-0.25, -0.2) is 4.79 Å². The van der Waals surface area contributed by atoms with Crippen molar-refractivity contribution in [2.24, 2.45) is 5.73 Å². The summed E-state index contributed by atoms with van der Waals surface area (Å²) in [7, 11) is 0. The van der Waals surface area contributed by atoms with Crippen molar-refractivity contribution in [1.29, 1.82) is 0 Å². The zero-order chi connectivity index (χ0) is 19.4. The second-order valence-electron chi connectivity index (χ2n) is 8.14. The van der Waals surface area contributed by atoms with Gasteiger partial charge in [0.25, 0.3) is 0 Å². The number of benzene rings is 1. The first-order valence-electron chi connectivity index (χ1n) is 10.1. The molecule has 3 amide bonds. The number of hydrogen-bond donors (Lipinski definition) is 2. The van der Waals surface area contributed by atoms with Crippen molar-refractivity contribution in [3.63, 3.8) is 0 Å². The Morgan fingerprint density at radius 1 is 1.00 bits per heavy atom. The fraction of sp³-hybridized carbons (Fsp3) is 0.619. The number of nitrogens with zero attached hydrogens (tertiary/aromatic N) is 2. The lowest BCUT2D eigenvalue weighted by Gasteiger charge is -2.48. The van der Waals surface area contributed by atoms with Gasteiger partial charge < -0.3 is 16.0 Å². The molecule has 6 nitrogen and oxygen atoms in total. The van der Waals surface area contributed by atoms with E-state index >= 15 is 0 Å². The van der Waals surface area contributed by atoms with E-state index in [1.807, 2.05) is 24.3 Å². The van der Waals surface area contributed by atoms with Crippen molar-refractivity contribution >= 4 is 17.6 Å². The van der Waals surface area contributed by atoms with Gasteiger partial charge in [0.1, 0.15) is 5.54 Å². The molecule has 0 bridgehead atoms. The van der Waals surface area contributed by atoms with Crippen LogP contribution in [-0.4, -0.2) is 53.5 Å². The Morgan fingerprint density at radius 2 is 1.59 bits per heavy atom. The lowest BCUT2D eigenvalue weighted by molar-refractivity contribution is -0.134. The van der Waals surface area contributed by atoms with Crippen LogP contribution in [0.4, 0.5) is 10.5 Å². The molecule has 2 fully saturated rings. The third-order valence-electron chi connectivity index (χ3n) is 6.13. The van der Waals surface area contributed by atoms with Crippen LogP contribution in [0.5, 0.6) is 0 Å². The summed E-state index contributed by atoms with van der Waals surface area (Å²) in [6, 6.07) is 7.87. The molecule has 0 aliphatic carbocycles. The third-order valence-corrected chi connectivity index (χ3v) is 6.13. The lowest BCUT2D eigenvalue weighted by Crippen LogP contribution is -2.64. The van der Waals surface area contributed by atoms with Gasteiger partial charge >= 0.3 is 6.03 Å². The minimum atomic E-state index is -0.587. The molecule has 2 saturated heterocycles. The van der Waals surface area contributed by atoms with Gasteiger partial charge in [-0.15, -0.1) is 0 Å². The molecule has 0 unspecified atom stereocenters. The Kier molecular flexibility index (Phi) is 6.05. The van der Waals surface area contributed by atoms with Crippen LogP contribution < -0.4 is 11.1 Å². The number of piperidine rings is 2. The molecule has 2 aliphatic rings. The van der Waals surface area contributed by atoms with Gasteiger partial charge in [-0.2, -0.15) is 0 Å². The van der Waals surface area contributed by atoms with Crippen LogP contribution in [0.3, 0.4) is 0 Å². The standard InChI is InChI=1S/C21H32N4O2/c1-16(2)17-6-8-18(9-7-17)23-20(27)24-14-10-21(11-15-24,19(22)26)25-12-4-3-5-13-25/h6-9,16H,3-5,10-15H2,1-2H3,(H2,22,26)(H,23,27). The van der Waals surface area contributed by atoms with E-state index in [-0.39, 0.29) is 11.9 Å². The lowest BCUT2D eigenvalue weighted by atomic mass is 9.83. The highest BCUT2D eigenvalue weighted by molar-refractivity contribution is 5.90. The number of likely N-dealkylation sites (tertiary alicyclic amines) is 2. The van der Waals surface area contributed by atoms with E-state index in [1.165, 1.54) is 12.0 Å². The van der Waals surface area contributed by atoms with Gasteiger partial charge in [0.15, 0.2) is 0 Å². The van der Waals surface area contributed by atoms with Crippen LogP contribution in [0, 0.1) is 0 Å². The van der Waals surface area contributed by atoms with E-state index in [1.54, 1.807) is 4.90 Å². The molecule has 3 N–H and O–H groups in total. The predicted molar refractivity (Wildman–Crippen MR) is 108 cm³/mol. The van der Waals surface area contributed by atoms with Crippen molar-refractivity contribution in [3.8, 4) is 0 Å². The van der Waals surface area contributed by atoms with Crippen molar-refractivity contribution in [3.05, 3.63) is 29.8 Å². The summed E-state index contributed by atoms with van der Waals surface area (Å²) in [5.41, 5.74) is 7.28. The maximum Gasteiger partial charge on any atom is 0.321 e. The Hall–Kier alpha value is -2.08. The number of carbonyl (C=O) groups is 2. The number of rotatable bonds is 4. The van der Waals surface area contributed by atoms with Gasteiger partial charge in [0.05, 0.1) is 0 Å². The number of primary amides is 1. The highest BCUT2D eigenvalue weighted by Gasteiger charge is 2.45. The second-order valence-corrected chi connectivity index (χ2v) is 8.14. The number of hydrogen-bond acceptors (Lipinski definition) is 3.